The summed E-state index contributed by atoms with van der Waals surface area (Å²) in [5.74, 6) is 0. The lowest BCUT2D eigenvalue weighted by Crippen LogP contribution is -2.55. The quantitative estimate of drug-likeness (QED) is 0.659. The van der Waals surface area contributed by atoms with Crippen molar-refractivity contribution in [3.8, 4) is 0 Å². The molecule has 4 rings (SSSR count). The van der Waals surface area contributed by atoms with Crippen molar-refractivity contribution >= 4 is 7.55 Å². The van der Waals surface area contributed by atoms with E-state index in [9.17, 15) is 0 Å². The van der Waals surface area contributed by atoms with Crippen molar-refractivity contribution in [1.29, 1.82) is 0 Å². The molecule has 2 nitrogen and oxygen atoms in total. The zero-order chi connectivity index (χ0) is 15.5. The van der Waals surface area contributed by atoms with Crippen LogP contribution in [0, 0.1) is 0 Å². The molecule has 3 heteroatoms. The molecule has 4 aliphatic rings. The van der Waals surface area contributed by atoms with E-state index in [1.165, 1.54) is 110 Å². The minimum Gasteiger partial charge on any atom is -0.326 e. The van der Waals surface area contributed by atoms with Gasteiger partial charge in [-0.15, -0.1) is 0 Å². The van der Waals surface area contributed by atoms with Crippen LogP contribution >= 0.6 is 0 Å². The van der Waals surface area contributed by atoms with Gasteiger partial charge in [-0.25, -0.2) is 0 Å². The molecule has 0 atom stereocenters. The average molecular weight is 316 g/mol. The standard InChI is InChI=1S/C20H37BN2/c1-2-10-17(9-1)22(18-11-3-4-12-18)21-23(19-13-5-6-14-19)20-15-7-8-16-20/h17-21H,1-16H2. The van der Waals surface area contributed by atoms with E-state index in [1.54, 1.807) is 0 Å². The van der Waals surface area contributed by atoms with E-state index < -0.39 is 0 Å². The highest BCUT2D eigenvalue weighted by Gasteiger charge is 2.37. The van der Waals surface area contributed by atoms with Crippen LogP contribution in [-0.2, 0) is 0 Å². The van der Waals surface area contributed by atoms with Crippen molar-refractivity contribution in [2.45, 2.75) is 127 Å². The van der Waals surface area contributed by atoms with Crippen LogP contribution in [0.2, 0.25) is 0 Å². The fraction of sp³-hybridized carbons (Fsp3) is 1.00. The maximum Gasteiger partial charge on any atom is 0.292 e. The van der Waals surface area contributed by atoms with Gasteiger partial charge in [0.05, 0.1) is 0 Å². The first-order valence-corrected chi connectivity index (χ1v) is 10.9. The van der Waals surface area contributed by atoms with Crippen molar-refractivity contribution in [3.05, 3.63) is 0 Å². The third-order valence-electron chi connectivity index (χ3n) is 7.50. The number of hydrogen-bond donors (Lipinski definition) is 0. The molecule has 0 amide bonds. The van der Waals surface area contributed by atoms with Gasteiger partial charge in [0.2, 0.25) is 0 Å². The Hall–Kier alpha value is -0.0151. The highest BCUT2D eigenvalue weighted by molar-refractivity contribution is 6.29. The minimum atomic E-state index is 0.920. The Morgan fingerprint density at radius 3 is 0.826 bits per heavy atom. The van der Waals surface area contributed by atoms with E-state index in [4.69, 9.17) is 0 Å². The molecule has 4 aliphatic carbocycles. The molecular weight excluding hydrogens is 279 g/mol. The highest BCUT2D eigenvalue weighted by atomic mass is 15.3. The second kappa shape index (κ2) is 7.91. The van der Waals surface area contributed by atoms with Gasteiger partial charge >= 0.3 is 0 Å². The second-order valence-corrected chi connectivity index (χ2v) is 8.92. The third-order valence-corrected chi connectivity index (χ3v) is 7.50. The Bertz CT molecular complexity index is 285. The van der Waals surface area contributed by atoms with Gasteiger partial charge < -0.3 is 9.62 Å². The highest BCUT2D eigenvalue weighted by Crippen LogP contribution is 2.35. The van der Waals surface area contributed by atoms with Crippen molar-refractivity contribution in [3.63, 3.8) is 0 Å². The summed E-state index contributed by atoms with van der Waals surface area (Å²) in [7, 11) is 1.32. The van der Waals surface area contributed by atoms with E-state index in [1.807, 2.05) is 0 Å². The molecule has 0 bridgehead atoms. The largest absolute Gasteiger partial charge is 0.326 e. The summed E-state index contributed by atoms with van der Waals surface area (Å²) in [4.78, 5) is 6.05. The van der Waals surface area contributed by atoms with Crippen molar-refractivity contribution in [2.24, 2.45) is 0 Å². The molecule has 0 aromatic rings. The summed E-state index contributed by atoms with van der Waals surface area (Å²) >= 11 is 0. The SMILES string of the molecule is B(N(C1CCCC1)C1CCCC1)N(C1CCCC1)C1CCCC1. The van der Waals surface area contributed by atoms with E-state index in [-0.39, 0.29) is 0 Å². The van der Waals surface area contributed by atoms with E-state index in [0.29, 0.717) is 0 Å². The topological polar surface area (TPSA) is 6.48 Å². The summed E-state index contributed by atoms with van der Waals surface area (Å²) in [5, 5.41) is 0. The molecular formula is C20H37BN2. The van der Waals surface area contributed by atoms with Gasteiger partial charge in [0, 0.05) is 24.2 Å². The molecule has 0 aromatic carbocycles. The molecule has 0 heterocycles. The third kappa shape index (κ3) is 3.81. The lowest BCUT2D eigenvalue weighted by molar-refractivity contribution is 0.190. The van der Waals surface area contributed by atoms with E-state index in [2.05, 4.69) is 9.62 Å². The van der Waals surface area contributed by atoms with Crippen molar-refractivity contribution in [2.75, 3.05) is 0 Å². The van der Waals surface area contributed by atoms with Gasteiger partial charge in [0.15, 0.2) is 0 Å². The predicted octanol–water partition coefficient (Wildman–Crippen LogP) is 4.63. The number of hydrogen-bond acceptors (Lipinski definition) is 2. The first kappa shape index (κ1) is 16.5. The molecule has 0 saturated heterocycles. The lowest BCUT2D eigenvalue weighted by atomic mass is 9.89. The Morgan fingerprint density at radius 2 is 0.609 bits per heavy atom. The van der Waals surface area contributed by atoms with Crippen LogP contribution in [-0.4, -0.2) is 41.3 Å². The summed E-state index contributed by atoms with van der Waals surface area (Å²) in [6, 6.07) is 3.68. The Balaban J connectivity index is 1.48. The molecule has 23 heavy (non-hydrogen) atoms. The maximum atomic E-state index is 3.02. The van der Waals surface area contributed by atoms with Gasteiger partial charge in [-0.1, -0.05) is 51.4 Å². The maximum absolute atomic E-state index is 3.02. The first-order valence-electron chi connectivity index (χ1n) is 10.9. The van der Waals surface area contributed by atoms with Crippen molar-refractivity contribution < 1.29 is 0 Å². The summed E-state index contributed by atoms with van der Waals surface area (Å²) < 4.78 is 0. The number of nitrogens with zero attached hydrogens (tertiary/aromatic N) is 2. The number of rotatable bonds is 6. The Labute approximate surface area is 144 Å². The molecule has 0 radical (unpaired) electrons. The zero-order valence-electron chi connectivity index (χ0n) is 15.2. The zero-order valence-corrected chi connectivity index (χ0v) is 15.2. The fourth-order valence-corrected chi connectivity index (χ4v) is 6.19. The normalized spacial score (nSPS) is 28.8. The Kier molecular flexibility index (Phi) is 5.66. The minimum absolute atomic E-state index is 0.920. The van der Waals surface area contributed by atoms with Crippen LogP contribution in [0.5, 0.6) is 0 Å². The average Bonchev–Trinajstić information content (AvgIpc) is 3.35. The van der Waals surface area contributed by atoms with E-state index >= 15 is 0 Å². The molecule has 130 valence electrons. The van der Waals surface area contributed by atoms with Crippen LogP contribution in [0.4, 0.5) is 0 Å². The van der Waals surface area contributed by atoms with Gasteiger partial charge in [0.1, 0.15) is 0 Å². The first-order chi connectivity index (χ1) is 11.4. The summed E-state index contributed by atoms with van der Waals surface area (Å²) in [6.45, 7) is 0. The van der Waals surface area contributed by atoms with E-state index in [0.717, 1.165) is 24.2 Å². The second-order valence-electron chi connectivity index (χ2n) is 8.92. The summed E-state index contributed by atoms with van der Waals surface area (Å²) in [6.07, 6.45) is 23.8. The van der Waals surface area contributed by atoms with Gasteiger partial charge in [0.25, 0.3) is 7.55 Å². The fourth-order valence-electron chi connectivity index (χ4n) is 6.19. The molecule has 0 aromatic heterocycles. The molecule has 0 unspecified atom stereocenters. The molecule has 0 spiro atoms. The van der Waals surface area contributed by atoms with Crippen LogP contribution < -0.4 is 0 Å². The van der Waals surface area contributed by atoms with Crippen LogP contribution in [0.3, 0.4) is 0 Å². The molecule has 0 N–H and O–H groups in total. The van der Waals surface area contributed by atoms with Crippen LogP contribution in [0.15, 0.2) is 0 Å². The molecule has 0 aliphatic heterocycles. The molecule has 4 saturated carbocycles. The Morgan fingerprint density at radius 1 is 0.391 bits per heavy atom. The van der Waals surface area contributed by atoms with Crippen molar-refractivity contribution in [1.82, 2.24) is 9.62 Å². The van der Waals surface area contributed by atoms with Gasteiger partial charge in [-0.3, -0.25) is 0 Å². The lowest BCUT2D eigenvalue weighted by Gasteiger charge is -2.42. The van der Waals surface area contributed by atoms with Gasteiger partial charge in [-0.05, 0) is 51.4 Å². The molecule has 4 fully saturated rings. The smallest absolute Gasteiger partial charge is 0.292 e. The van der Waals surface area contributed by atoms with Crippen LogP contribution in [0.1, 0.15) is 103 Å². The summed E-state index contributed by atoms with van der Waals surface area (Å²) in [5.41, 5.74) is 0. The predicted molar refractivity (Wildman–Crippen MR) is 99.9 cm³/mol. The monoisotopic (exact) mass is 316 g/mol. The van der Waals surface area contributed by atoms with Crippen LogP contribution in [0.25, 0.3) is 0 Å². The van der Waals surface area contributed by atoms with Gasteiger partial charge in [-0.2, -0.15) is 0 Å².